The molecule has 1 unspecified atom stereocenters. The highest BCUT2D eigenvalue weighted by Crippen LogP contribution is 2.26. The largest absolute Gasteiger partial charge is 0.324 e. The van der Waals surface area contributed by atoms with Crippen LogP contribution in [0.3, 0.4) is 0 Å². The summed E-state index contributed by atoms with van der Waals surface area (Å²) in [5.74, 6) is 0.875. The van der Waals surface area contributed by atoms with Crippen molar-refractivity contribution in [3.05, 3.63) is 46.0 Å². The van der Waals surface area contributed by atoms with Gasteiger partial charge in [-0.3, -0.25) is 4.68 Å². The van der Waals surface area contributed by atoms with Crippen molar-refractivity contribution >= 4 is 23.2 Å². The molecule has 4 nitrogen and oxygen atoms in total. The topological polar surface area (TPSA) is 56.7 Å². The zero-order valence-electron chi connectivity index (χ0n) is 10.7. The fraction of sp³-hybridized carbons (Fsp3) is 0.385. The third kappa shape index (κ3) is 3.47. The van der Waals surface area contributed by atoms with E-state index in [4.69, 9.17) is 28.9 Å². The Morgan fingerprint density at radius 2 is 2.16 bits per heavy atom. The van der Waals surface area contributed by atoms with E-state index >= 15 is 0 Å². The Bertz CT molecular complexity index is 553. The number of benzene rings is 1. The lowest BCUT2D eigenvalue weighted by atomic mass is 10.0. The first-order chi connectivity index (χ1) is 9.11. The minimum Gasteiger partial charge on any atom is -0.324 e. The van der Waals surface area contributed by atoms with Gasteiger partial charge in [-0.1, -0.05) is 36.2 Å². The summed E-state index contributed by atoms with van der Waals surface area (Å²) in [4.78, 5) is 4.25. The van der Waals surface area contributed by atoms with Gasteiger partial charge >= 0.3 is 0 Å². The summed E-state index contributed by atoms with van der Waals surface area (Å²) >= 11 is 12.0. The molecule has 19 heavy (non-hydrogen) atoms. The zero-order valence-corrected chi connectivity index (χ0v) is 12.2. The lowest BCUT2D eigenvalue weighted by Crippen LogP contribution is -2.17. The third-order valence-corrected chi connectivity index (χ3v) is 3.46. The van der Waals surface area contributed by atoms with E-state index in [9.17, 15) is 0 Å². The molecule has 0 aliphatic rings. The maximum atomic E-state index is 6.19. The Kier molecular flexibility index (Phi) is 4.80. The normalized spacial score (nSPS) is 12.6. The number of halogens is 2. The summed E-state index contributed by atoms with van der Waals surface area (Å²) in [5, 5.41) is 5.38. The van der Waals surface area contributed by atoms with E-state index in [0.29, 0.717) is 16.5 Å². The molecule has 1 heterocycles. The summed E-state index contributed by atoms with van der Waals surface area (Å²) in [5.41, 5.74) is 7.07. The van der Waals surface area contributed by atoms with Crippen LogP contribution in [0.2, 0.25) is 10.0 Å². The van der Waals surface area contributed by atoms with Crippen LogP contribution in [0, 0.1) is 0 Å². The fourth-order valence-electron chi connectivity index (χ4n) is 1.95. The molecular weight excluding hydrogens is 283 g/mol. The number of aromatic nitrogens is 3. The second-order valence-corrected chi connectivity index (χ2v) is 5.22. The van der Waals surface area contributed by atoms with Gasteiger partial charge in [-0.2, -0.15) is 5.10 Å². The van der Waals surface area contributed by atoms with E-state index in [1.54, 1.807) is 18.5 Å². The van der Waals surface area contributed by atoms with Crippen molar-refractivity contribution in [1.29, 1.82) is 0 Å². The van der Waals surface area contributed by atoms with E-state index in [-0.39, 0.29) is 6.04 Å². The zero-order chi connectivity index (χ0) is 13.8. The molecule has 2 aromatic rings. The molecule has 0 radical (unpaired) electrons. The van der Waals surface area contributed by atoms with Crippen LogP contribution >= 0.6 is 23.2 Å². The van der Waals surface area contributed by atoms with Crippen molar-refractivity contribution in [1.82, 2.24) is 14.8 Å². The first-order valence-corrected chi connectivity index (χ1v) is 6.94. The van der Waals surface area contributed by atoms with Crippen LogP contribution in [0.5, 0.6) is 0 Å². The van der Waals surface area contributed by atoms with Gasteiger partial charge in [0, 0.05) is 29.1 Å². The van der Waals surface area contributed by atoms with Gasteiger partial charge in [0.1, 0.15) is 12.2 Å². The molecule has 2 N–H and O–H groups in total. The molecule has 0 aliphatic heterocycles. The highest BCUT2D eigenvalue weighted by atomic mass is 35.5. The van der Waals surface area contributed by atoms with E-state index in [2.05, 4.69) is 17.0 Å². The number of aryl methyl sites for hydroxylation is 1. The van der Waals surface area contributed by atoms with Gasteiger partial charge in [-0.25, -0.2) is 4.98 Å². The molecule has 0 spiro atoms. The van der Waals surface area contributed by atoms with Crippen molar-refractivity contribution in [2.75, 3.05) is 0 Å². The van der Waals surface area contributed by atoms with E-state index < -0.39 is 0 Å². The molecule has 0 fully saturated rings. The van der Waals surface area contributed by atoms with Gasteiger partial charge in [-0.05, 0) is 24.1 Å². The minimum absolute atomic E-state index is 0.218. The molecule has 102 valence electrons. The van der Waals surface area contributed by atoms with Gasteiger partial charge in [0.05, 0.1) is 0 Å². The lowest BCUT2D eigenvalue weighted by Gasteiger charge is -2.14. The van der Waals surface area contributed by atoms with Crippen LogP contribution in [0.15, 0.2) is 24.5 Å². The Morgan fingerprint density at radius 1 is 1.37 bits per heavy atom. The quantitative estimate of drug-likeness (QED) is 0.922. The van der Waals surface area contributed by atoms with Crippen LogP contribution in [-0.2, 0) is 13.0 Å². The molecule has 0 aliphatic carbocycles. The summed E-state index contributed by atoms with van der Waals surface area (Å²) in [6.45, 7) is 2.94. The molecule has 0 amide bonds. The molecule has 1 aromatic carbocycles. The van der Waals surface area contributed by atoms with Crippen molar-refractivity contribution in [2.45, 2.75) is 32.4 Å². The number of hydrogen-bond acceptors (Lipinski definition) is 3. The Morgan fingerprint density at radius 3 is 2.84 bits per heavy atom. The molecular formula is C13H16Cl2N4. The highest BCUT2D eigenvalue weighted by Gasteiger charge is 2.14. The molecule has 0 saturated heterocycles. The summed E-state index contributed by atoms with van der Waals surface area (Å²) in [6.07, 6.45) is 3.16. The number of rotatable bonds is 5. The van der Waals surface area contributed by atoms with Crippen LogP contribution in [0.1, 0.15) is 30.8 Å². The van der Waals surface area contributed by atoms with Crippen molar-refractivity contribution in [3.8, 4) is 0 Å². The fourth-order valence-corrected chi connectivity index (χ4v) is 2.50. The van der Waals surface area contributed by atoms with Crippen LogP contribution in [0.25, 0.3) is 0 Å². The van der Waals surface area contributed by atoms with Gasteiger partial charge in [0.25, 0.3) is 0 Å². The Hall–Kier alpha value is -1.10. The third-order valence-electron chi connectivity index (χ3n) is 2.90. The average Bonchev–Trinajstić information content (AvgIpc) is 2.77. The highest BCUT2D eigenvalue weighted by molar-refractivity contribution is 6.35. The first kappa shape index (κ1) is 14.3. The molecule has 1 aromatic heterocycles. The number of nitrogens with zero attached hydrogens (tertiary/aromatic N) is 3. The second kappa shape index (κ2) is 6.37. The average molecular weight is 299 g/mol. The van der Waals surface area contributed by atoms with Gasteiger partial charge in [0.15, 0.2) is 0 Å². The maximum Gasteiger partial charge on any atom is 0.138 e. The molecule has 6 heteroatoms. The van der Waals surface area contributed by atoms with Crippen LogP contribution < -0.4 is 5.73 Å². The maximum absolute atomic E-state index is 6.19. The molecule has 0 saturated carbocycles. The summed E-state index contributed by atoms with van der Waals surface area (Å²) < 4.78 is 1.88. The monoisotopic (exact) mass is 298 g/mol. The van der Waals surface area contributed by atoms with Crippen LogP contribution in [-0.4, -0.2) is 14.8 Å². The van der Waals surface area contributed by atoms with E-state index in [0.717, 1.165) is 24.4 Å². The van der Waals surface area contributed by atoms with Crippen molar-refractivity contribution < 1.29 is 0 Å². The van der Waals surface area contributed by atoms with Gasteiger partial charge in [0.2, 0.25) is 0 Å². The number of nitrogens with two attached hydrogens (primary N) is 1. The summed E-state index contributed by atoms with van der Waals surface area (Å²) in [6, 6.07) is 5.13. The Balaban J connectivity index is 2.16. The predicted octanol–water partition coefficient (Wildman–Crippen LogP) is 3.24. The van der Waals surface area contributed by atoms with Crippen molar-refractivity contribution in [2.24, 2.45) is 5.73 Å². The van der Waals surface area contributed by atoms with Crippen LogP contribution in [0.4, 0.5) is 0 Å². The summed E-state index contributed by atoms with van der Waals surface area (Å²) in [7, 11) is 0. The minimum atomic E-state index is -0.218. The smallest absolute Gasteiger partial charge is 0.138 e. The van der Waals surface area contributed by atoms with E-state index in [1.165, 1.54) is 0 Å². The van der Waals surface area contributed by atoms with E-state index in [1.807, 2.05) is 10.7 Å². The van der Waals surface area contributed by atoms with Crippen molar-refractivity contribution in [3.63, 3.8) is 0 Å². The predicted molar refractivity (Wildman–Crippen MR) is 77.4 cm³/mol. The SMILES string of the molecule is CCCn1ncnc1CC(N)c1ccc(Cl)cc1Cl. The first-order valence-electron chi connectivity index (χ1n) is 6.19. The van der Waals surface area contributed by atoms with Gasteiger partial charge in [-0.15, -0.1) is 0 Å². The standard InChI is InChI=1S/C13H16Cl2N4/c1-2-5-19-13(17-8-18-19)7-12(16)10-4-3-9(14)6-11(10)15/h3-4,6,8,12H,2,5,7,16H2,1H3. The number of hydrogen-bond donors (Lipinski definition) is 1. The molecule has 1 atom stereocenters. The lowest BCUT2D eigenvalue weighted by molar-refractivity contribution is 0.548. The second-order valence-electron chi connectivity index (χ2n) is 4.38. The Labute approximate surface area is 122 Å². The molecule has 2 rings (SSSR count). The molecule has 0 bridgehead atoms. The van der Waals surface area contributed by atoms with Gasteiger partial charge < -0.3 is 5.73 Å².